The smallest absolute Gasteiger partial charge is 0.159 e. The van der Waals surface area contributed by atoms with Gasteiger partial charge in [0.05, 0.1) is 23.4 Å². The first-order chi connectivity index (χ1) is 28.2. The molecule has 1 aliphatic heterocycles. The molecule has 8 aromatic carbocycles. The number of amidine groups is 2. The van der Waals surface area contributed by atoms with Gasteiger partial charge in [-0.2, -0.15) is 0 Å². The molecule has 57 heavy (non-hydrogen) atoms. The molecule has 1 unspecified atom stereocenters. The standard InChI is InChI=1S/C51H33N4O2/c1-4-15-33(16-5-1)34-27-29-37(30-28-34)55(43-24-14-23-40-39-21-10-12-25-44(39)57-48(40)43)38-31-42(47-41-22-11-13-26-45(41)56-46(47)32-38)51-53-49(35-17-6-2-7-18-35)52-50(54-51)36-19-8-3-9-20-36/h1-32,49H/q-1. The van der Waals surface area contributed by atoms with Crippen molar-refractivity contribution in [3.63, 3.8) is 0 Å². The molecular formula is C51H33N4O2-. The lowest BCUT2D eigenvalue weighted by atomic mass is 10.0. The highest BCUT2D eigenvalue weighted by molar-refractivity contribution is 6.25. The first-order valence-corrected chi connectivity index (χ1v) is 19.0. The number of hydrogen-bond donors (Lipinski definition) is 0. The van der Waals surface area contributed by atoms with Crippen LogP contribution >= 0.6 is 0 Å². The number of fused-ring (bicyclic) bond motifs is 6. The van der Waals surface area contributed by atoms with Gasteiger partial charge < -0.3 is 24.0 Å². The van der Waals surface area contributed by atoms with Crippen molar-refractivity contribution in [1.82, 2.24) is 0 Å². The van der Waals surface area contributed by atoms with E-state index in [0.29, 0.717) is 11.7 Å². The van der Waals surface area contributed by atoms with Gasteiger partial charge in [-0.1, -0.05) is 157 Å². The maximum atomic E-state index is 6.70. The Kier molecular flexibility index (Phi) is 7.78. The molecule has 1 aliphatic rings. The van der Waals surface area contributed by atoms with Crippen LogP contribution in [0.1, 0.15) is 22.9 Å². The van der Waals surface area contributed by atoms with Crippen molar-refractivity contribution in [1.29, 1.82) is 0 Å². The molecule has 6 heteroatoms. The van der Waals surface area contributed by atoms with Crippen LogP contribution in [-0.4, -0.2) is 11.7 Å². The Bertz CT molecular complexity index is 3150. The largest absolute Gasteiger partial charge is 0.456 e. The van der Waals surface area contributed by atoms with Crippen LogP contribution in [0.4, 0.5) is 17.1 Å². The Labute approximate surface area is 328 Å². The Morgan fingerprint density at radius 1 is 0.474 bits per heavy atom. The summed E-state index contributed by atoms with van der Waals surface area (Å²) in [6.07, 6.45) is -0.489. The molecule has 6 nitrogen and oxygen atoms in total. The van der Waals surface area contributed by atoms with E-state index in [9.17, 15) is 0 Å². The molecule has 0 radical (unpaired) electrons. The van der Waals surface area contributed by atoms with E-state index in [1.165, 1.54) is 0 Å². The summed E-state index contributed by atoms with van der Waals surface area (Å²) in [4.78, 5) is 12.8. The molecule has 2 aromatic heterocycles. The van der Waals surface area contributed by atoms with E-state index in [4.69, 9.17) is 24.1 Å². The topological polar surface area (TPSA) is 68.3 Å². The van der Waals surface area contributed by atoms with Gasteiger partial charge >= 0.3 is 0 Å². The predicted molar refractivity (Wildman–Crippen MR) is 233 cm³/mol. The average molecular weight is 734 g/mol. The summed E-state index contributed by atoms with van der Waals surface area (Å²) < 4.78 is 13.4. The molecule has 0 spiro atoms. The maximum Gasteiger partial charge on any atom is 0.159 e. The summed E-state index contributed by atoms with van der Waals surface area (Å²) in [6.45, 7) is 0. The summed E-state index contributed by atoms with van der Waals surface area (Å²) in [7, 11) is 0. The van der Waals surface area contributed by atoms with Crippen LogP contribution in [0.5, 0.6) is 0 Å². The average Bonchev–Trinajstić information content (AvgIpc) is 3.86. The van der Waals surface area contributed by atoms with E-state index in [1.54, 1.807) is 0 Å². The van der Waals surface area contributed by atoms with E-state index >= 15 is 0 Å². The molecule has 3 heterocycles. The molecule has 0 saturated heterocycles. The zero-order valence-electron chi connectivity index (χ0n) is 30.7. The van der Waals surface area contributed by atoms with E-state index in [1.807, 2.05) is 84.9 Å². The third kappa shape index (κ3) is 5.74. The molecule has 0 aliphatic carbocycles. The Balaban J connectivity index is 1.18. The molecular weight excluding hydrogens is 701 g/mol. The summed E-state index contributed by atoms with van der Waals surface area (Å²) in [5.74, 6) is 1.21. The highest BCUT2D eigenvalue weighted by atomic mass is 16.3. The third-order valence-electron chi connectivity index (χ3n) is 10.7. The van der Waals surface area contributed by atoms with Gasteiger partial charge in [-0.3, -0.25) is 4.99 Å². The second-order valence-electron chi connectivity index (χ2n) is 14.1. The number of furan rings is 2. The molecule has 1 atom stereocenters. The van der Waals surface area contributed by atoms with Crippen molar-refractivity contribution in [2.24, 2.45) is 9.98 Å². The number of rotatable bonds is 7. The molecule has 0 fully saturated rings. The number of para-hydroxylation sites is 3. The van der Waals surface area contributed by atoms with Crippen molar-refractivity contribution >= 4 is 72.6 Å². The summed E-state index contributed by atoms with van der Waals surface area (Å²) in [5.41, 5.74) is 10.9. The van der Waals surface area contributed by atoms with E-state index < -0.39 is 6.17 Å². The molecule has 0 bridgehead atoms. The van der Waals surface area contributed by atoms with Gasteiger partial charge in [0.2, 0.25) is 0 Å². The van der Waals surface area contributed by atoms with Gasteiger partial charge in [0.15, 0.2) is 5.58 Å². The van der Waals surface area contributed by atoms with Gasteiger partial charge in [-0.05, 0) is 58.7 Å². The van der Waals surface area contributed by atoms with Crippen LogP contribution in [0, 0.1) is 0 Å². The zero-order chi connectivity index (χ0) is 37.7. The summed E-state index contributed by atoms with van der Waals surface area (Å²) in [5, 5.41) is 9.13. The van der Waals surface area contributed by atoms with Gasteiger partial charge in [0, 0.05) is 38.9 Å². The van der Waals surface area contributed by atoms with Gasteiger partial charge in [-0.25, -0.2) is 0 Å². The van der Waals surface area contributed by atoms with Crippen LogP contribution in [0.15, 0.2) is 213 Å². The minimum Gasteiger partial charge on any atom is -0.456 e. The van der Waals surface area contributed by atoms with Gasteiger partial charge in [0.1, 0.15) is 16.7 Å². The van der Waals surface area contributed by atoms with Crippen LogP contribution in [0.3, 0.4) is 0 Å². The second kappa shape index (κ2) is 13.6. The van der Waals surface area contributed by atoms with Crippen molar-refractivity contribution in [3.8, 4) is 11.1 Å². The minimum atomic E-state index is -0.489. The Morgan fingerprint density at radius 2 is 1.09 bits per heavy atom. The molecule has 0 N–H and O–H groups in total. The highest BCUT2D eigenvalue weighted by Crippen LogP contribution is 2.45. The Morgan fingerprint density at radius 3 is 1.84 bits per heavy atom. The van der Waals surface area contributed by atoms with Crippen LogP contribution in [0.2, 0.25) is 0 Å². The molecule has 0 amide bonds. The molecule has 0 saturated carbocycles. The van der Waals surface area contributed by atoms with Crippen molar-refractivity contribution in [3.05, 3.63) is 216 Å². The third-order valence-corrected chi connectivity index (χ3v) is 10.7. The Hall–Kier alpha value is -7.70. The fourth-order valence-electron chi connectivity index (χ4n) is 7.96. The number of nitrogens with zero attached hydrogens (tertiary/aromatic N) is 4. The highest BCUT2D eigenvalue weighted by Gasteiger charge is 2.24. The quantitative estimate of drug-likeness (QED) is 0.164. The number of anilines is 3. The fraction of sp³-hybridized carbons (Fsp3) is 0.0196. The lowest BCUT2D eigenvalue weighted by Gasteiger charge is -2.33. The predicted octanol–water partition coefficient (Wildman–Crippen LogP) is 13.9. The van der Waals surface area contributed by atoms with Crippen molar-refractivity contribution in [2.45, 2.75) is 6.17 Å². The first-order valence-electron chi connectivity index (χ1n) is 19.0. The van der Waals surface area contributed by atoms with Gasteiger partial charge in [0.25, 0.3) is 0 Å². The summed E-state index contributed by atoms with van der Waals surface area (Å²) >= 11 is 0. The monoisotopic (exact) mass is 733 g/mol. The maximum absolute atomic E-state index is 6.70. The first kappa shape index (κ1) is 32.7. The van der Waals surface area contributed by atoms with Gasteiger partial charge in [-0.15, -0.1) is 0 Å². The second-order valence-corrected chi connectivity index (χ2v) is 14.1. The van der Waals surface area contributed by atoms with Crippen LogP contribution < -0.4 is 4.90 Å². The summed E-state index contributed by atoms with van der Waals surface area (Å²) in [6, 6.07) is 66.4. The SMILES string of the molecule is c1ccc(C2=NC(c3cc(N(c4ccc(-c5ccccc5)cc4)c4cccc5c4oc4ccccc45)cc4oc5ccccc5c34)=NC(c3ccccc3)[N-]2)cc1. The number of benzene rings is 8. The van der Waals surface area contributed by atoms with E-state index in [2.05, 4.69) is 114 Å². The van der Waals surface area contributed by atoms with Crippen molar-refractivity contribution < 1.29 is 8.83 Å². The molecule has 11 rings (SSSR count). The number of hydrogen-bond acceptors (Lipinski definition) is 5. The lowest BCUT2D eigenvalue weighted by Crippen LogP contribution is -2.17. The zero-order valence-corrected chi connectivity index (χ0v) is 30.7. The van der Waals surface area contributed by atoms with E-state index in [-0.39, 0.29) is 0 Å². The van der Waals surface area contributed by atoms with Crippen LogP contribution in [0.25, 0.3) is 60.3 Å². The molecule has 270 valence electrons. The number of aliphatic imine (C=N–C) groups is 2. The van der Waals surface area contributed by atoms with Crippen LogP contribution in [-0.2, 0) is 0 Å². The molecule has 10 aromatic rings. The normalized spacial score (nSPS) is 14.1. The van der Waals surface area contributed by atoms with Crippen molar-refractivity contribution in [2.75, 3.05) is 4.90 Å². The van der Waals surface area contributed by atoms with E-state index in [0.717, 1.165) is 88.8 Å². The lowest BCUT2D eigenvalue weighted by molar-refractivity contribution is 0.667. The fourth-order valence-corrected chi connectivity index (χ4v) is 7.96. The minimum absolute atomic E-state index is 0.489.